The first-order valence-corrected chi connectivity index (χ1v) is 36.7. The molecule has 0 spiro atoms. The second-order valence-corrected chi connectivity index (χ2v) is 29.4. The van der Waals surface area contributed by atoms with Crippen molar-refractivity contribution < 1.29 is 62.7 Å². The molecule has 2 aromatic carbocycles. The Bertz CT molecular complexity index is 4120. The van der Waals surface area contributed by atoms with Crippen molar-refractivity contribution in [3.8, 4) is 22.3 Å². The lowest BCUT2D eigenvalue weighted by Crippen LogP contribution is -2.32. The maximum Gasteiger partial charge on any atom is 0.269 e. The highest BCUT2D eigenvalue weighted by atomic mass is 32.2. The fourth-order valence-corrected chi connectivity index (χ4v) is 15.5. The number of nitrogens with zero attached hydrogens (tertiary/aromatic N) is 4. The summed E-state index contributed by atoms with van der Waals surface area (Å²) in [6.45, 7) is 15.3. The second-order valence-electron chi connectivity index (χ2n) is 22.8. The van der Waals surface area contributed by atoms with E-state index in [1.807, 2.05) is 54.1 Å². The van der Waals surface area contributed by atoms with Crippen LogP contribution < -0.4 is 26.2 Å². The summed E-state index contributed by atoms with van der Waals surface area (Å²) >= 11 is 2.92. The summed E-state index contributed by atoms with van der Waals surface area (Å²) in [5, 5.41) is 16.6. The van der Waals surface area contributed by atoms with Crippen molar-refractivity contribution in [1.82, 2.24) is 31.2 Å². The first-order valence-electron chi connectivity index (χ1n) is 30.1. The largest absolute Gasteiger partial charge is 0.351 e. The van der Waals surface area contributed by atoms with Gasteiger partial charge in [-0.05, 0) is 142 Å². The van der Waals surface area contributed by atoms with Gasteiger partial charge in [0.1, 0.15) is 29.3 Å². The molecule has 6 heterocycles. The third-order valence-electron chi connectivity index (χ3n) is 16.3. The molecule has 7 N–H and O–H groups in total. The average molecular weight is 1320 g/mol. The Kier molecular flexibility index (Phi) is 21.9. The van der Waals surface area contributed by atoms with Gasteiger partial charge in [-0.3, -0.25) is 32.8 Å². The Morgan fingerprint density at radius 1 is 0.584 bits per heavy atom. The van der Waals surface area contributed by atoms with E-state index in [2.05, 4.69) is 74.5 Å². The Balaban J connectivity index is 1.32. The molecule has 4 amide bonds. The van der Waals surface area contributed by atoms with E-state index in [1.54, 1.807) is 32.0 Å². The highest BCUT2D eigenvalue weighted by molar-refractivity contribution is 7.86. The third-order valence-corrected chi connectivity index (χ3v) is 20.5. The lowest BCUT2D eigenvalue weighted by molar-refractivity contribution is -0.435. The standard InChI is InChI=1S/C63H78N8O13S5/c1-8-13-14-15-25-66-60(74)50-36-41(37-51(69-50)61(75)67-26-33-89(82,83)84)45-39-47-54(42-21-29-85-56(42)45)70(27-10-3)53(63(47,7)24-17-31-87(76,77)78)20-16-19-52-62(6,23-9-2)46-38-44(40-34-48(58(72)64-11-4)68-49(35-40)59(73)65-12-5)57-43(22-30-86-57)55(46)71(52)28-18-32-88(79,80)81/h16,19-22,29-30,34-39H,8-15,17-18,23-28,31-33H2,1-7H3,(H6-,64,65,66,67,72,73,74,75,76,77,78,79,80,81,82,83,84)/p+1. The van der Waals surface area contributed by atoms with E-state index in [0.717, 1.165) is 91.8 Å². The minimum atomic E-state index is -4.43. The van der Waals surface area contributed by atoms with E-state index >= 15 is 0 Å². The number of anilines is 1. The normalized spacial score (nSPS) is 17.3. The molecule has 2 aliphatic heterocycles. The van der Waals surface area contributed by atoms with Crippen molar-refractivity contribution in [2.45, 2.75) is 124 Å². The lowest BCUT2D eigenvalue weighted by atomic mass is 9.74. The Morgan fingerprint density at radius 3 is 1.63 bits per heavy atom. The quantitative estimate of drug-likeness (QED) is 0.0125. The zero-order valence-electron chi connectivity index (χ0n) is 51.2. The topological polar surface area (TPSA) is 312 Å². The number of hydrogen-bond donors (Lipinski definition) is 7. The van der Waals surface area contributed by atoms with Gasteiger partial charge in [-0.25, -0.2) is 9.97 Å². The summed E-state index contributed by atoms with van der Waals surface area (Å²) < 4.78 is 106. The fourth-order valence-electron chi connectivity index (χ4n) is 12.3. The monoisotopic (exact) mass is 1320 g/mol. The molecule has 89 heavy (non-hydrogen) atoms. The molecule has 26 heteroatoms. The van der Waals surface area contributed by atoms with Crippen LogP contribution in [0, 0.1) is 0 Å². The summed E-state index contributed by atoms with van der Waals surface area (Å²) in [7, 11) is -13.2. The predicted octanol–water partition coefficient (Wildman–Crippen LogP) is 10.4. The fraction of sp³-hybridized carbons (Fsp3) is 0.444. The van der Waals surface area contributed by atoms with Gasteiger partial charge < -0.3 is 26.2 Å². The first kappa shape index (κ1) is 68.1. The first-order chi connectivity index (χ1) is 42.2. The Labute approximate surface area is 528 Å². The minimum Gasteiger partial charge on any atom is -0.351 e. The summed E-state index contributed by atoms with van der Waals surface area (Å²) in [6, 6.07) is 14.6. The number of carbonyl (C=O) groups is 4. The molecule has 0 aliphatic carbocycles. The van der Waals surface area contributed by atoms with Gasteiger partial charge in [0.25, 0.3) is 54.0 Å². The van der Waals surface area contributed by atoms with Crippen LogP contribution in [0.3, 0.4) is 0 Å². The number of carbonyl (C=O) groups excluding carboxylic acids is 4. The number of benzene rings is 2. The van der Waals surface area contributed by atoms with Crippen molar-refractivity contribution >= 4 is 114 Å². The maximum absolute atomic E-state index is 13.9. The number of hydrogen-bond acceptors (Lipinski definition) is 15. The summed E-state index contributed by atoms with van der Waals surface area (Å²) in [6.07, 6.45) is 12.0. The van der Waals surface area contributed by atoms with Crippen LogP contribution in [0.4, 0.5) is 11.4 Å². The highest BCUT2D eigenvalue weighted by Gasteiger charge is 2.49. The van der Waals surface area contributed by atoms with Crippen LogP contribution in [0.2, 0.25) is 0 Å². The van der Waals surface area contributed by atoms with Crippen LogP contribution in [-0.4, -0.2) is 139 Å². The molecule has 0 fully saturated rings. The van der Waals surface area contributed by atoms with Gasteiger partial charge in [-0.15, -0.1) is 22.7 Å². The van der Waals surface area contributed by atoms with Crippen LogP contribution in [-0.2, 0) is 41.2 Å². The van der Waals surface area contributed by atoms with Gasteiger partial charge >= 0.3 is 0 Å². The lowest BCUT2D eigenvalue weighted by Gasteiger charge is -2.30. The Hall–Kier alpha value is -6.78. The number of pyridine rings is 2. The summed E-state index contributed by atoms with van der Waals surface area (Å²) in [5.74, 6) is -3.96. The number of rotatable bonds is 30. The van der Waals surface area contributed by atoms with Gasteiger partial charge in [0.05, 0.1) is 33.7 Å². The average Bonchev–Trinajstić information content (AvgIpc) is 1.57. The third kappa shape index (κ3) is 15.5. The van der Waals surface area contributed by atoms with Crippen LogP contribution in [0.25, 0.3) is 42.4 Å². The molecule has 0 bridgehead atoms. The van der Waals surface area contributed by atoms with Crippen molar-refractivity contribution in [1.29, 1.82) is 0 Å². The predicted molar refractivity (Wildman–Crippen MR) is 352 cm³/mol. The van der Waals surface area contributed by atoms with Gasteiger partial charge in [0, 0.05) is 87.8 Å². The second kappa shape index (κ2) is 28.6. The molecule has 6 aromatic rings. The van der Waals surface area contributed by atoms with E-state index < -0.39 is 88.6 Å². The van der Waals surface area contributed by atoms with Crippen molar-refractivity contribution in [2.24, 2.45) is 0 Å². The zero-order chi connectivity index (χ0) is 64.6. The van der Waals surface area contributed by atoms with Gasteiger partial charge in [-0.1, -0.05) is 52.5 Å². The molecule has 2 aliphatic rings. The number of nitrogens with one attached hydrogen (secondary N) is 4. The van der Waals surface area contributed by atoms with Crippen LogP contribution in [0.5, 0.6) is 0 Å². The van der Waals surface area contributed by atoms with Crippen LogP contribution in [0.1, 0.15) is 166 Å². The number of fused-ring (bicyclic) bond motifs is 6. The van der Waals surface area contributed by atoms with Crippen molar-refractivity contribution in [2.75, 3.05) is 61.4 Å². The SMILES string of the molecule is CCCCCCNC(=O)c1cc(-c2cc3c(c4ccsc24)N(CCC)/C(=C/C=C/C2=[N+](CCCS(=O)(=O)O)c4c(cc(-c5cc(C(=O)NCC)nc(C(=O)NCC)c5)c5sccc45)C2(C)CCC)C3(C)CCCS(=O)(=O)O)cc(C(=O)NCCS(=O)(=O)O)n1. The van der Waals surface area contributed by atoms with Gasteiger partial charge in [-0.2, -0.15) is 29.8 Å². The molecule has 2 unspecified atom stereocenters. The van der Waals surface area contributed by atoms with E-state index in [4.69, 9.17) is 0 Å². The molecular formula is C63H79N8O13S5+. The van der Waals surface area contributed by atoms with E-state index in [0.29, 0.717) is 55.7 Å². The molecular weight excluding hydrogens is 1240 g/mol. The number of unbranched alkanes of at least 4 members (excludes halogenated alkanes) is 3. The number of allylic oxidation sites excluding steroid dienone is 4. The molecule has 0 saturated carbocycles. The van der Waals surface area contributed by atoms with Gasteiger partial charge in [0.15, 0.2) is 5.71 Å². The zero-order valence-corrected chi connectivity index (χ0v) is 55.3. The van der Waals surface area contributed by atoms with E-state index in [1.165, 1.54) is 28.7 Å². The summed E-state index contributed by atoms with van der Waals surface area (Å²) in [4.78, 5) is 65.8. The van der Waals surface area contributed by atoms with Crippen molar-refractivity contribution in [3.05, 3.63) is 117 Å². The molecule has 8 rings (SSSR count). The highest BCUT2D eigenvalue weighted by Crippen LogP contribution is 2.56. The molecule has 478 valence electrons. The van der Waals surface area contributed by atoms with E-state index in [9.17, 15) is 58.1 Å². The maximum atomic E-state index is 13.9. The molecule has 4 aromatic heterocycles. The molecule has 21 nitrogen and oxygen atoms in total. The minimum absolute atomic E-state index is 0.0489. The number of amides is 4. The van der Waals surface area contributed by atoms with Crippen LogP contribution in [0.15, 0.2) is 83.2 Å². The molecule has 0 saturated heterocycles. The van der Waals surface area contributed by atoms with E-state index in [-0.39, 0.29) is 48.6 Å². The van der Waals surface area contributed by atoms with Crippen molar-refractivity contribution in [3.63, 3.8) is 0 Å². The molecule has 2 atom stereocenters. The van der Waals surface area contributed by atoms with Crippen LogP contribution >= 0.6 is 22.7 Å². The Morgan fingerprint density at radius 2 is 1.10 bits per heavy atom. The number of thiophene rings is 2. The van der Waals surface area contributed by atoms with Gasteiger partial charge in [0.2, 0.25) is 5.69 Å². The summed E-state index contributed by atoms with van der Waals surface area (Å²) in [5.41, 5.74) is 5.69. The number of aromatic nitrogens is 2. The molecule has 0 radical (unpaired) electrons. The smallest absolute Gasteiger partial charge is 0.269 e.